The highest BCUT2D eigenvalue weighted by Crippen LogP contribution is 2.34. The van der Waals surface area contributed by atoms with Gasteiger partial charge in [0.05, 0.1) is 19.8 Å². The lowest BCUT2D eigenvalue weighted by molar-refractivity contribution is -0.209. The van der Waals surface area contributed by atoms with Gasteiger partial charge in [0.15, 0.2) is 16.6 Å². The first-order valence-electron chi connectivity index (χ1n) is 6.63. The van der Waals surface area contributed by atoms with Gasteiger partial charge >= 0.3 is 6.18 Å². The first-order chi connectivity index (χ1) is 9.97. The first kappa shape index (κ1) is 15.0. The van der Waals surface area contributed by atoms with Crippen molar-refractivity contribution in [1.82, 2.24) is 4.98 Å². The van der Waals surface area contributed by atoms with Gasteiger partial charge in [-0.1, -0.05) is 0 Å². The third-order valence-electron chi connectivity index (χ3n) is 3.44. The van der Waals surface area contributed by atoms with Gasteiger partial charge in [-0.05, 0) is 0 Å². The van der Waals surface area contributed by atoms with Crippen molar-refractivity contribution in [3.8, 4) is 0 Å². The number of ether oxygens (including phenoxy) is 3. The zero-order valence-corrected chi connectivity index (χ0v) is 11.9. The van der Waals surface area contributed by atoms with Crippen molar-refractivity contribution >= 4 is 16.5 Å². The third-order valence-corrected chi connectivity index (χ3v) is 4.24. The van der Waals surface area contributed by atoms with Crippen LogP contribution in [0.3, 0.4) is 0 Å². The van der Waals surface area contributed by atoms with Crippen LogP contribution in [-0.4, -0.2) is 43.2 Å². The lowest BCUT2D eigenvalue weighted by Crippen LogP contribution is -2.38. The molecule has 0 unspecified atom stereocenters. The zero-order chi connectivity index (χ0) is 14.9. The molecule has 5 nitrogen and oxygen atoms in total. The fraction of sp³-hybridized carbons (Fsp3) is 0.750. The number of halogens is 3. The Bertz CT molecular complexity index is 488. The number of nitrogens with zero attached hydrogens (tertiary/aromatic N) is 1. The van der Waals surface area contributed by atoms with Crippen molar-refractivity contribution in [3.63, 3.8) is 0 Å². The van der Waals surface area contributed by atoms with Gasteiger partial charge in [-0.15, -0.1) is 11.3 Å². The van der Waals surface area contributed by atoms with Crippen molar-refractivity contribution < 1.29 is 27.4 Å². The molecule has 1 spiro atoms. The van der Waals surface area contributed by atoms with E-state index >= 15 is 0 Å². The molecule has 0 bridgehead atoms. The second kappa shape index (κ2) is 5.71. The summed E-state index contributed by atoms with van der Waals surface area (Å²) >= 11 is 0.928. The Morgan fingerprint density at radius 1 is 1.38 bits per heavy atom. The summed E-state index contributed by atoms with van der Waals surface area (Å²) in [6.45, 7) is 1.99. The van der Waals surface area contributed by atoms with Gasteiger partial charge in [-0.3, -0.25) is 0 Å². The molecule has 2 fully saturated rings. The minimum atomic E-state index is -4.41. The minimum absolute atomic E-state index is 0.193. The van der Waals surface area contributed by atoms with Gasteiger partial charge in [0, 0.05) is 24.8 Å². The average molecular weight is 324 g/mol. The minimum Gasteiger partial charge on any atom is -0.381 e. The van der Waals surface area contributed by atoms with E-state index in [9.17, 15) is 13.2 Å². The topological polar surface area (TPSA) is 52.6 Å². The molecule has 2 aliphatic rings. The molecule has 3 heterocycles. The van der Waals surface area contributed by atoms with Gasteiger partial charge in [0.1, 0.15) is 6.10 Å². The molecule has 118 valence electrons. The van der Waals surface area contributed by atoms with E-state index in [4.69, 9.17) is 14.2 Å². The fourth-order valence-corrected chi connectivity index (χ4v) is 3.08. The van der Waals surface area contributed by atoms with Crippen molar-refractivity contribution in [1.29, 1.82) is 0 Å². The van der Waals surface area contributed by atoms with Gasteiger partial charge in [-0.2, -0.15) is 13.2 Å². The number of alkyl halides is 3. The number of rotatable bonds is 3. The van der Waals surface area contributed by atoms with Gasteiger partial charge in [-0.25, -0.2) is 4.98 Å². The molecule has 21 heavy (non-hydrogen) atoms. The monoisotopic (exact) mass is 324 g/mol. The van der Waals surface area contributed by atoms with E-state index in [1.165, 1.54) is 0 Å². The summed E-state index contributed by atoms with van der Waals surface area (Å²) in [7, 11) is 0. The Kier molecular flexibility index (Phi) is 4.08. The van der Waals surface area contributed by atoms with Crippen molar-refractivity contribution in [2.45, 2.75) is 30.9 Å². The number of aromatic nitrogens is 1. The summed E-state index contributed by atoms with van der Waals surface area (Å²) in [6, 6.07) is 0. The Hall–Kier alpha value is -0.900. The molecule has 0 aromatic carbocycles. The van der Waals surface area contributed by atoms with Crippen molar-refractivity contribution in [3.05, 3.63) is 11.1 Å². The van der Waals surface area contributed by atoms with Crippen LogP contribution in [0.1, 0.15) is 18.5 Å². The van der Waals surface area contributed by atoms with E-state index in [2.05, 4.69) is 10.3 Å². The van der Waals surface area contributed by atoms with Gasteiger partial charge < -0.3 is 19.5 Å². The van der Waals surface area contributed by atoms with Crippen LogP contribution in [0.25, 0.3) is 0 Å². The largest absolute Gasteiger partial charge is 0.434 e. The van der Waals surface area contributed by atoms with E-state index in [0.29, 0.717) is 39.2 Å². The number of hydrogen-bond donors (Lipinski definition) is 1. The molecule has 2 aliphatic heterocycles. The zero-order valence-electron chi connectivity index (χ0n) is 11.1. The highest BCUT2D eigenvalue weighted by Gasteiger charge is 2.42. The second-order valence-corrected chi connectivity index (χ2v) is 5.85. The van der Waals surface area contributed by atoms with Crippen molar-refractivity contribution in [2.75, 3.05) is 31.7 Å². The number of nitrogens with one attached hydrogen (secondary N) is 1. The van der Waals surface area contributed by atoms with Crippen LogP contribution in [0.4, 0.5) is 18.3 Å². The van der Waals surface area contributed by atoms with Gasteiger partial charge in [0.25, 0.3) is 0 Å². The third kappa shape index (κ3) is 3.47. The number of anilines is 1. The fourth-order valence-electron chi connectivity index (χ4n) is 2.35. The summed E-state index contributed by atoms with van der Waals surface area (Å²) in [5, 5.41) is 4.10. The van der Waals surface area contributed by atoms with Crippen molar-refractivity contribution in [2.24, 2.45) is 0 Å². The summed E-state index contributed by atoms with van der Waals surface area (Å²) in [5.41, 5.74) is -0.875. The standard InChI is InChI=1S/C12H15F3N2O3S/c13-12(14,15)9-7-21-10(17-9)16-5-8-6-19-11(20-8)1-3-18-4-2-11/h7-8H,1-6H2,(H,16,17)/t8-/m1/s1. The summed E-state index contributed by atoms with van der Waals surface area (Å²) in [5.74, 6) is -0.579. The van der Waals surface area contributed by atoms with Crippen LogP contribution in [0, 0.1) is 0 Å². The van der Waals surface area contributed by atoms with Crippen LogP contribution in [-0.2, 0) is 20.4 Å². The van der Waals surface area contributed by atoms with Crippen LogP contribution in [0.5, 0.6) is 0 Å². The Labute approximate surface area is 123 Å². The first-order valence-corrected chi connectivity index (χ1v) is 7.51. The van der Waals surface area contributed by atoms with Crippen LogP contribution in [0.15, 0.2) is 5.38 Å². The van der Waals surface area contributed by atoms with Gasteiger partial charge in [0.2, 0.25) is 0 Å². The van der Waals surface area contributed by atoms with E-state index in [-0.39, 0.29) is 11.2 Å². The molecular formula is C12H15F3N2O3S. The molecule has 0 saturated carbocycles. The number of thiazole rings is 1. The summed E-state index contributed by atoms with van der Waals surface area (Å²) in [4.78, 5) is 3.51. The molecule has 1 aromatic heterocycles. The van der Waals surface area contributed by atoms with E-state index < -0.39 is 17.7 Å². The lowest BCUT2D eigenvalue weighted by Gasteiger charge is -2.31. The maximum atomic E-state index is 12.4. The summed E-state index contributed by atoms with van der Waals surface area (Å²) in [6.07, 6.45) is -3.24. The molecular weight excluding hydrogens is 309 g/mol. The lowest BCUT2D eigenvalue weighted by atomic mass is 10.1. The van der Waals surface area contributed by atoms with Crippen LogP contribution < -0.4 is 5.32 Å². The average Bonchev–Trinajstić information content (AvgIpc) is 3.05. The SMILES string of the molecule is FC(F)(F)c1csc(NC[C@@H]2COC3(CCOCC3)O2)n1. The molecule has 1 N–H and O–H groups in total. The summed E-state index contributed by atoms with van der Waals surface area (Å²) < 4.78 is 54.2. The quantitative estimate of drug-likeness (QED) is 0.926. The van der Waals surface area contributed by atoms with E-state index in [0.717, 1.165) is 16.7 Å². The molecule has 2 saturated heterocycles. The maximum absolute atomic E-state index is 12.4. The second-order valence-electron chi connectivity index (χ2n) is 4.99. The highest BCUT2D eigenvalue weighted by molar-refractivity contribution is 7.13. The predicted octanol–water partition coefficient (Wildman–Crippen LogP) is 2.50. The van der Waals surface area contributed by atoms with Crippen LogP contribution >= 0.6 is 11.3 Å². The molecule has 1 atom stereocenters. The molecule has 3 rings (SSSR count). The van der Waals surface area contributed by atoms with E-state index in [1.54, 1.807) is 0 Å². The maximum Gasteiger partial charge on any atom is 0.434 e. The Morgan fingerprint density at radius 3 is 2.81 bits per heavy atom. The predicted molar refractivity (Wildman–Crippen MR) is 69.2 cm³/mol. The molecule has 0 amide bonds. The number of hydrogen-bond acceptors (Lipinski definition) is 6. The molecule has 0 aliphatic carbocycles. The van der Waals surface area contributed by atoms with E-state index in [1.807, 2.05) is 0 Å². The molecule has 0 radical (unpaired) electrons. The normalized spacial score (nSPS) is 25.4. The van der Waals surface area contributed by atoms with Crippen LogP contribution in [0.2, 0.25) is 0 Å². The highest BCUT2D eigenvalue weighted by atomic mass is 32.1. The Morgan fingerprint density at radius 2 is 2.14 bits per heavy atom. The molecule has 9 heteroatoms. The smallest absolute Gasteiger partial charge is 0.381 e. The Balaban J connectivity index is 1.51. The molecule has 1 aromatic rings.